The second-order valence-corrected chi connectivity index (χ2v) is 4.41. The highest BCUT2D eigenvalue weighted by molar-refractivity contribution is 5.95. The van der Waals surface area contributed by atoms with Gasteiger partial charge in [-0.1, -0.05) is 12.1 Å². The van der Waals surface area contributed by atoms with Gasteiger partial charge in [-0.25, -0.2) is 0 Å². The molecule has 0 bridgehead atoms. The second kappa shape index (κ2) is 5.29. The summed E-state index contributed by atoms with van der Waals surface area (Å²) in [6, 6.07) is 6.33. The fourth-order valence-corrected chi connectivity index (χ4v) is 1.99. The van der Waals surface area contributed by atoms with E-state index in [4.69, 9.17) is 0 Å². The number of nitrogens with zero attached hydrogens (tertiary/aromatic N) is 1. The molecular formula is C13H15NO4. The molecule has 0 radical (unpaired) electrons. The van der Waals surface area contributed by atoms with Crippen LogP contribution in [0, 0.1) is 0 Å². The van der Waals surface area contributed by atoms with E-state index in [9.17, 15) is 19.8 Å². The predicted molar refractivity (Wildman–Crippen MR) is 64.4 cm³/mol. The molecular weight excluding hydrogens is 234 g/mol. The summed E-state index contributed by atoms with van der Waals surface area (Å²) in [5.74, 6) is -0.196. The molecule has 1 aliphatic heterocycles. The van der Waals surface area contributed by atoms with Crippen LogP contribution >= 0.6 is 0 Å². The Morgan fingerprint density at radius 2 is 1.89 bits per heavy atom. The second-order valence-electron chi connectivity index (χ2n) is 4.41. The lowest BCUT2D eigenvalue weighted by Gasteiger charge is -2.33. The van der Waals surface area contributed by atoms with Crippen LogP contribution in [0.5, 0.6) is 0 Å². The van der Waals surface area contributed by atoms with Crippen LogP contribution in [0.15, 0.2) is 24.3 Å². The largest absolute Gasteiger partial charge is 0.390 e. The van der Waals surface area contributed by atoms with Gasteiger partial charge in [-0.05, 0) is 18.6 Å². The number of aliphatic hydroxyl groups is 2. The molecule has 1 saturated heterocycles. The van der Waals surface area contributed by atoms with Crippen LogP contribution < -0.4 is 0 Å². The molecule has 2 rings (SSSR count). The normalized spacial score (nSPS) is 23.8. The first-order chi connectivity index (χ1) is 8.61. The van der Waals surface area contributed by atoms with E-state index in [1.54, 1.807) is 24.3 Å². The van der Waals surface area contributed by atoms with E-state index in [0.717, 1.165) is 6.29 Å². The number of β-amino-alcohol motifs (C(OH)–C–C–N with tert-alkyl or cyclic N) is 1. The van der Waals surface area contributed by atoms with Gasteiger partial charge in [0.15, 0.2) is 0 Å². The van der Waals surface area contributed by atoms with E-state index < -0.39 is 12.2 Å². The summed E-state index contributed by atoms with van der Waals surface area (Å²) in [6.45, 7) is 0.557. The topological polar surface area (TPSA) is 77.8 Å². The summed E-state index contributed by atoms with van der Waals surface area (Å²) in [5.41, 5.74) is 0.991. The van der Waals surface area contributed by atoms with Gasteiger partial charge >= 0.3 is 0 Å². The van der Waals surface area contributed by atoms with Crippen LogP contribution in [0.25, 0.3) is 0 Å². The zero-order chi connectivity index (χ0) is 13.1. The third-order valence-corrected chi connectivity index (χ3v) is 3.13. The van der Waals surface area contributed by atoms with Crippen molar-refractivity contribution in [2.75, 3.05) is 13.1 Å². The highest BCUT2D eigenvalue weighted by Gasteiger charge is 2.28. The molecule has 1 heterocycles. The first-order valence-electron chi connectivity index (χ1n) is 5.82. The number of hydrogen-bond acceptors (Lipinski definition) is 4. The van der Waals surface area contributed by atoms with Crippen molar-refractivity contribution < 1.29 is 19.8 Å². The minimum Gasteiger partial charge on any atom is -0.390 e. The average Bonchev–Trinajstić information content (AvgIpc) is 2.41. The van der Waals surface area contributed by atoms with Crippen LogP contribution in [0.1, 0.15) is 27.1 Å². The Hall–Kier alpha value is -1.72. The van der Waals surface area contributed by atoms with Gasteiger partial charge in [0.2, 0.25) is 0 Å². The Balaban J connectivity index is 2.08. The lowest BCUT2D eigenvalue weighted by molar-refractivity contribution is -0.0321. The number of likely N-dealkylation sites (tertiary alicyclic amines) is 1. The van der Waals surface area contributed by atoms with E-state index in [-0.39, 0.29) is 12.5 Å². The number of piperidine rings is 1. The summed E-state index contributed by atoms with van der Waals surface area (Å²) in [5, 5.41) is 18.9. The standard InChI is InChI=1S/C13H15NO4/c15-8-9-1-3-10(4-2-9)13(18)14-6-5-11(16)12(17)7-14/h1-4,8,11-12,16-17H,5-7H2. The molecule has 1 fully saturated rings. The third-order valence-electron chi connectivity index (χ3n) is 3.13. The molecule has 18 heavy (non-hydrogen) atoms. The van der Waals surface area contributed by atoms with E-state index in [2.05, 4.69) is 0 Å². The highest BCUT2D eigenvalue weighted by Crippen LogP contribution is 2.14. The molecule has 0 spiro atoms. The van der Waals surface area contributed by atoms with Gasteiger partial charge in [-0.3, -0.25) is 9.59 Å². The van der Waals surface area contributed by atoms with Crippen molar-refractivity contribution in [3.8, 4) is 0 Å². The summed E-state index contributed by atoms with van der Waals surface area (Å²) in [6.07, 6.45) is -0.558. The van der Waals surface area contributed by atoms with Crippen LogP contribution in [0.2, 0.25) is 0 Å². The van der Waals surface area contributed by atoms with Gasteiger partial charge in [-0.15, -0.1) is 0 Å². The van der Waals surface area contributed by atoms with E-state index in [1.165, 1.54) is 4.90 Å². The molecule has 0 saturated carbocycles. The fraction of sp³-hybridized carbons (Fsp3) is 0.385. The predicted octanol–water partition coefficient (Wildman–Crippen LogP) is 0.0668. The monoisotopic (exact) mass is 249 g/mol. The number of benzene rings is 1. The van der Waals surface area contributed by atoms with Gasteiger partial charge in [0.1, 0.15) is 6.29 Å². The Morgan fingerprint density at radius 1 is 1.22 bits per heavy atom. The quantitative estimate of drug-likeness (QED) is 0.727. The molecule has 0 aromatic heterocycles. The molecule has 1 aliphatic rings. The summed E-state index contributed by atoms with van der Waals surface area (Å²) in [7, 11) is 0. The van der Waals surface area contributed by atoms with Gasteiger partial charge in [-0.2, -0.15) is 0 Å². The Bertz CT molecular complexity index is 443. The van der Waals surface area contributed by atoms with Crippen molar-refractivity contribution in [2.24, 2.45) is 0 Å². The van der Waals surface area contributed by atoms with Crippen LogP contribution in [-0.2, 0) is 0 Å². The number of hydrogen-bond donors (Lipinski definition) is 2. The maximum absolute atomic E-state index is 12.1. The zero-order valence-corrected chi connectivity index (χ0v) is 9.82. The molecule has 5 heteroatoms. The first kappa shape index (κ1) is 12.7. The van der Waals surface area contributed by atoms with Crippen LogP contribution in [0.3, 0.4) is 0 Å². The number of aliphatic hydroxyl groups excluding tert-OH is 2. The minimum absolute atomic E-state index is 0.134. The van der Waals surface area contributed by atoms with Gasteiger partial charge in [0.25, 0.3) is 5.91 Å². The SMILES string of the molecule is O=Cc1ccc(C(=O)N2CCC(O)C(O)C2)cc1. The molecule has 1 amide bonds. The van der Waals surface area contributed by atoms with E-state index in [1.807, 2.05) is 0 Å². The third kappa shape index (κ3) is 2.57. The average molecular weight is 249 g/mol. The Morgan fingerprint density at radius 3 is 2.44 bits per heavy atom. The lowest BCUT2D eigenvalue weighted by Crippen LogP contribution is -2.48. The van der Waals surface area contributed by atoms with Crippen molar-refractivity contribution >= 4 is 12.2 Å². The molecule has 5 nitrogen and oxygen atoms in total. The molecule has 2 N–H and O–H groups in total. The van der Waals surface area contributed by atoms with E-state index >= 15 is 0 Å². The van der Waals surface area contributed by atoms with Crippen molar-refractivity contribution in [3.63, 3.8) is 0 Å². The number of amides is 1. The molecule has 2 atom stereocenters. The van der Waals surface area contributed by atoms with Gasteiger partial charge in [0.05, 0.1) is 12.2 Å². The van der Waals surface area contributed by atoms with E-state index in [0.29, 0.717) is 24.1 Å². The number of rotatable bonds is 2. The summed E-state index contributed by atoms with van der Waals surface area (Å²) >= 11 is 0. The first-order valence-corrected chi connectivity index (χ1v) is 5.82. The van der Waals surface area contributed by atoms with Crippen molar-refractivity contribution in [1.29, 1.82) is 0 Å². The van der Waals surface area contributed by atoms with Crippen molar-refractivity contribution in [1.82, 2.24) is 4.90 Å². The van der Waals surface area contributed by atoms with Crippen LogP contribution in [-0.4, -0.2) is 52.6 Å². The molecule has 2 unspecified atom stereocenters. The molecule has 1 aromatic carbocycles. The Kier molecular flexibility index (Phi) is 3.74. The molecule has 96 valence electrons. The van der Waals surface area contributed by atoms with Crippen LogP contribution in [0.4, 0.5) is 0 Å². The molecule has 0 aliphatic carbocycles. The van der Waals surface area contributed by atoms with Crippen molar-refractivity contribution in [2.45, 2.75) is 18.6 Å². The molecule has 1 aromatic rings. The van der Waals surface area contributed by atoms with Gasteiger partial charge < -0.3 is 15.1 Å². The highest BCUT2D eigenvalue weighted by atomic mass is 16.3. The maximum Gasteiger partial charge on any atom is 0.253 e. The minimum atomic E-state index is -0.892. The number of carbonyl (C=O) groups excluding carboxylic acids is 2. The fourth-order valence-electron chi connectivity index (χ4n) is 1.99. The summed E-state index contributed by atoms with van der Waals surface area (Å²) < 4.78 is 0. The zero-order valence-electron chi connectivity index (χ0n) is 9.82. The summed E-state index contributed by atoms with van der Waals surface area (Å²) in [4.78, 5) is 24.1. The smallest absolute Gasteiger partial charge is 0.253 e. The number of aldehydes is 1. The number of carbonyl (C=O) groups is 2. The Labute approximate surface area is 105 Å². The van der Waals surface area contributed by atoms with Crippen molar-refractivity contribution in [3.05, 3.63) is 35.4 Å². The maximum atomic E-state index is 12.1. The van der Waals surface area contributed by atoms with Gasteiger partial charge in [0, 0.05) is 24.2 Å². The lowest BCUT2D eigenvalue weighted by atomic mass is 10.0.